The number of hydrogen-bond acceptors (Lipinski definition) is 7. The van der Waals surface area contributed by atoms with E-state index in [0.717, 1.165) is 11.8 Å². The highest BCUT2D eigenvalue weighted by Crippen LogP contribution is 2.15. The smallest absolute Gasteiger partial charge is 0.329 e. The molecule has 0 radical (unpaired) electrons. The van der Waals surface area contributed by atoms with Crippen LogP contribution in [0, 0.1) is 0 Å². The van der Waals surface area contributed by atoms with E-state index >= 15 is 0 Å². The summed E-state index contributed by atoms with van der Waals surface area (Å²) in [6, 6.07) is 1.66. The van der Waals surface area contributed by atoms with Crippen LogP contribution in [-0.2, 0) is 19.2 Å². The van der Waals surface area contributed by atoms with Gasteiger partial charge in [-0.3, -0.25) is 9.59 Å². The third-order valence-corrected chi connectivity index (χ3v) is 2.91. The lowest BCUT2D eigenvalue weighted by atomic mass is 10.4. The van der Waals surface area contributed by atoms with Crippen LogP contribution in [-0.4, -0.2) is 38.6 Å². The number of amides is 2. The van der Waals surface area contributed by atoms with E-state index in [0.29, 0.717) is 10.2 Å². The zero-order valence-corrected chi connectivity index (χ0v) is 10.1. The topological polar surface area (TPSA) is 89.5 Å². The normalized spacial score (nSPS) is 15.0. The average molecular weight is 267 g/mol. The number of carbonyl (C=O) groups excluding carboxylic acids is 3. The number of aromatic nitrogens is 2. The number of nitrogens with zero attached hydrogens (tertiary/aromatic N) is 3. The minimum Gasteiger partial charge on any atom is -0.329 e. The molecule has 94 valence electrons. The second-order valence-corrected chi connectivity index (χ2v) is 4.31. The summed E-state index contributed by atoms with van der Waals surface area (Å²) in [5, 5.41) is 0.947. The number of imide groups is 1. The van der Waals surface area contributed by atoms with Crippen LogP contribution < -0.4 is 0 Å². The van der Waals surface area contributed by atoms with Crippen LogP contribution in [0.3, 0.4) is 0 Å². The summed E-state index contributed by atoms with van der Waals surface area (Å²) in [7, 11) is 0. The highest BCUT2D eigenvalue weighted by molar-refractivity contribution is 7.99. The first kappa shape index (κ1) is 12.5. The van der Waals surface area contributed by atoms with Crippen LogP contribution in [0.4, 0.5) is 0 Å². The van der Waals surface area contributed by atoms with Crippen molar-refractivity contribution in [1.29, 1.82) is 0 Å². The molecule has 2 rings (SSSR count). The van der Waals surface area contributed by atoms with Crippen LogP contribution in [0.1, 0.15) is 12.8 Å². The Morgan fingerprint density at radius 2 is 1.89 bits per heavy atom. The number of rotatable bonds is 4. The van der Waals surface area contributed by atoms with Gasteiger partial charge in [-0.05, 0) is 6.07 Å². The number of hydroxylamine groups is 2. The second kappa shape index (κ2) is 5.58. The first-order valence-electron chi connectivity index (χ1n) is 5.13. The second-order valence-electron chi connectivity index (χ2n) is 3.37. The van der Waals surface area contributed by atoms with Gasteiger partial charge in [-0.15, -0.1) is 5.06 Å². The lowest BCUT2D eigenvalue weighted by molar-refractivity contribution is -0.195. The van der Waals surface area contributed by atoms with Crippen molar-refractivity contribution in [3.05, 3.63) is 18.5 Å². The van der Waals surface area contributed by atoms with Crippen molar-refractivity contribution in [2.75, 3.05) is 5.75 Å². The molecule has 0 saturated carbocycles. The van der Waals surface area contributed by atoms with Crippen LogP contribution in [0.15, 0.2) is 23.6 Å². The van der Waals surface area contributed by atoms with Gasteiger partial charge in [0.2, 0.25) is 0 Å². The van der Waals surface area contributed by atoms with Crippen molar-refractivity contribution in [3.63, 3.8) is 0 Å². The van der Waals surface area contributed by atoms with Gasteiger partial charge in [-0.25, -0.2) is 14.8 Å². The van der Waals surface area contributed by atoms with E-state index in [2.05, 4.69) is 14.8 Å². The van der Waals surface area contributed by atoms with Gasteiger partial charge in [0.25, 0.3) is 11.8 Å². The summed E-state index contributed by atoms with van der Waals surface area (Å²) in [6.45, 7) is 0. The summed E-state index contributed by atoms with van der Waals surface area (Å²) in [5.74, 6) is -1.74. The summed E-state index contributed by atoms with van der Waals surface area (Å²) >= 11 is 1.07. The molecule has 1 aliphatic rings. The Labute approximate surface area is 106 Å². The third-order valence-electron chi connectivity index (χ3n) is 2.06. The van der Waals surface area contributed by atoms with Crippen molar-refractivity contribution in [2.45, 2.75) is 18.0 Å². The molecule has 8 heteroatoms. The molecule has 2 amide bonds. The molecule has 0 spiro atoms. The zero-order valence-electron chi connectivity index (χ0n) is 9.24. The third kappa shape index (κ3) is 3.04. The molecular formula is C10H9N3O4S. The monoisotopic (exact) mass is 267 g/mol. The Bertz CT molecular complexity index is 463. The van der Waals surface area contributed by atoms with E-state index in [-0.39, 0.29) is 18.6 Å². The minimum absolute atomic E-state index is 0.0684. The summed E-state index contributed by atoms with van der Waals surface area (Å²) < 4.78 is 0. The predicted molar refractivity (Wildman–Crippen MR) is 59.9 cm³/mol. The largest absolute Gasteiger partial charge is 0.343 e. The molecule has 0 aromatic carbocycles. The van der Waals surface area contributed by atoms with Crippen molar-refractivity contribution < 1.29 is 19.2 Å². The van der Waals surface area contributed by atoms with Crippen LogP contribution in [0.5, 0.6) is 0 Å². The van der Waals surface area contributed by atoms with E-state index < -0.39 is 17.8 Å². The summed E-state index contributed by atoms with van der Waals surface area (Å²) in [4.78, 5) is 46.3. The maximum atomic E-state index is 11.4. The molecule has 1 fully saturated rings. The molecule has 0 bridgehead atoms. The van der Waals surface area contributed by atoms with E-state index in [1.165, 1.54) is 0 Å². The van der Waals surface area contributed by atoms with Gasteiger partial charge in [-0.1, -0.05) is 11.8 Å². The molecule has 0 N–H and O–H groups in total. The fourth-order valence-corrected chi connectivity index (χ4v) is 1.84. The molecular weight excluding hydrogens is 258 g/mol. The first-order chi connectivity index (χ1) is 8.66. The molecule has 1 aromatic rings. The van der Waals surface area contributed by atoms with Gasteiger partial charge in [0.1, 0.15) is 5.75 Å². The Kier molecular flexibility index (Phi) is 3.88. The van der Waals surface area contributed by atoms with Gasteiger partial charge in [0.05, 0.1) is 0 Å². The molecule has 2 heterocycles. The Balaban J connectivity index is 1.82. The van der Waals surface area contributed by atoms with Gasteiger partial charge < -0.3 is 4.84 Å². The fraction of sp³-hybridized carbons (Fsp3) is 0.300. The van der Waals surface area contributed by atoms with Gasteiger partial charge in [0.15, 0.2) is 5.16 Å². The van der Waals surface area contributed by atoms with Crippen molar-refractivity contribution >= 4 is 29.5 Å². The molecule has 1 aromatic heterocycles. The van der Waals surface area contributed by atoms with Crippen molar-refractivity contribution in [1.82, 2.24) is 15.0 Å². The molecule has 7 nitrogen and oxygen atoms in total. The first-order valence-corrected chi connectivity index (χ1v) is 6.12. The quantitative estimate of drug-likeness (QED) is 0.436. The van der Waals surface area contributed by atoms with Gasteiger partial charge in [-0.2, -0.15) is 0 Å². The molecule has 18 heavy (non-hydrogen) atoms. The van der Waals surface area contributed by atoms with E-state index in [1.807, 2.05) is 0 Å². The molecule has 1 aliphatic heterocycles. The summed E-state index contributed by atoms with van der Waals surface area (Å²) in [6.07, 6.45) is 3.27. The van der Waals surface area contributed by atoms with Gasteiger partial charge >= 0.3 is 5.97 Å². The maximum absolute atomic E-state index is 11.4. The molecule has 0 aliphatic carbocycles. The number of thioether (sulfide) groups is 1. The highest BCUT2D eigenvalue weighted by Gasteiger charge is 2.32. The van der Waals surface area contributed by atoms with Crippen molar-refractivity contribution in [3.8, 4) is 0 Å². The Morgan fingerprint density at radius 1 is 1.28 bits per heavy atom. The molecule has 0 unspecified atom stereocenters. The lowest BCUT2D eigenvalue weighted by Gasteiger charge is -2.11. The van der Waals surface area contributed by atoms with Crippen LogP contribution in [0.2, 0.25) is 0 Å². The van der Waals surface area contributed by atoms with Gasteiger partial charge in [0, 0.05) is 25.2 Å². The van der Waals surface area contributed by atoms with E-state index in [1.54, 1.807) is 18.5 Å². The predicted octanol–water partition coefficient (Wildman–Crippen LogP) is 0.176. The SMILES string of the molecule is O=C(CSc1ncccn1)ON1C(=O)CCC1=O. The highest BCUT2D eigenvalue weighted by atomic mass is 32.2. The average Bonchev–Trinajstić information content (AvgIpc) is 2.69. The molecule has 0 atom stereocenters. The number of carbonyl (C=O) groups is 3. The van der Waals surface area contributed by atoms with Crippen molar-refractivity contribution in [2.24, 2.45) is 0 Å². The van der Waals surface area contributed by atoms with E-state index in [9.17, 15) is 14.4 Å². The Hall–Kier alpha value is -1.96. The fourth-order valence-electron chi connectivity index (χ4n) is 1.27. The van der Waals surface area contributed by atoms with Crippen LogP contribution >= 0.6 is 11.8 Å². The minimum atomic E-state index is -0.684. The molecule has 1 saturated heterocycles. The lowest BCUT2D eigenvalue weighted by Crippen LogP contribution is -2.32. The summed E-state index contributed by atoms with van der Waals surface area (Å²) in [5.41, 5.74) is 0. The maximum Gasteiger partial charge on any atom is 0.343 e. The zero-order chi connectivity index (χ0) is 13.0. The van der Waals surface area contributed by atoms with E-state index in [4.69, 9.17) is 0 Å². The number of hydrogen-bond donors (Lipinski definition) is 0. The van der Waals surface area contributed by atoms with Crippen LogP contribution in [0.25, 0.3) is 0 Å². The Morgan fingerprint density at radius 3 is 2.50 bits per heavy atom. The standard InChI is InChI=1S/C10H9N3O4S/c14-7-2-3-8(15)13(7)17-9(16)6-18-10-11-4-1-5-12-10/h1,4-5H,2-3,6H2.